The first kappa shape index (κ1) is 10.1. The highest BCUT2D eigenvalue weighted by Crippen LogP contribution is 2.25. The predicted octanol–water partition coefficient (Wildman–Crippen LogP) is 1.71. The van der Waals surface area contributed by atoms with E-state index < -0.39 is 12.1 Å². The minimum Gasteiger partial charge on any atom is -0.398 e. The molecule has 72 valence electrons. The quantitative estimate of drug-likeness (QED) is 0.726. The molecule has 1 rings (SSSR count). The Bertz CT molecular complexity index is 294. The van der Waals surface area contributed by atoms with Gasteiger partial charge in [-0.2, -0.15) is 0 Å². The van der Waals surface area contributed by atoms with Crippen LogP contribution < -0.4 is 11.5 Å². The summed E-state index contributed by atoms with van der Waals surface area (Å²) in [7, 11) is 0. The van der Waals surface area contributed by atoms with Crippen LogP contribution in [0.5, 0.6) is 0 Å². The van der Waals surface area contributed by atoms with Gasteiger partial charge in [-0.25, -0.2) is 13.8 Å². The molecule has 1 aromatic rings. The summed E-state index contributed by atoms with van der Waals surface area (Å²) in [6.07, 6.45) is -2.67. The van der Waals surface area contributed by atoms with Crippen molar-refractivity contribution in [2.45, 2.75) is 13.0 Å². The Kier molecular flexibility index (Phi) is 3.00. The SMILES string of the molecule is NCc1c(N)cc(C(F)F)nc1Cl. The molecule has 1 heterocycles. The van der Waals surface area contributed by atoms with Crippen LogP contribution in [0, 0.1) is 0 Å². The number of nitrogens with two attached hydrogens (primary N) is 2. The Morgan fingerprint density at radius 1 is 1.54 bits per heavy atom. The number of alkyl halides is 2. The van der Waals surface area contributed by atoms with Crippen molar-refractivity contribution in [1.82, 2.24) is 4.98 Å². The van der Waals surface area contributed by atoms with Crippen LogP contribution in [-0.4, -0.2) is 4.98 Å². The van der Waals surface area contributed by atoms with Crippen LogP contribution in [0.15, 0.2) is 6.07 Å². The van der Waals surface area contributed by atoms with E-state index in [4.69, 9.17) is 23.1 Å². The van der Waals surface area contributed by atoms with Gasteiger partial charge in [-0.3, -0.25) is 0 Å². The fourth-order valence-corrected chi connectivity index (χ4v) is 1.18. The van der Waals surface area contributed by atoms with E-state index in [0.29, 0.717) is 5.56 Å². The lowest BCUT2D eigenvalue weighted by Gasteiger charge is -2.07. The average molecular weight is 208 g/mol. The zero-order valence-electron chi connectivity index (χ0n) is 6.60. The number of rotatable bonds is 2. The van der Waals surface area contributed by atoms with Gasteiger partial charge in [0.25, 0.3) is 6.43 Å². The normalized spacial score (nSPS) is 10.8. The molecule has 0 saturated carbocycles. The lowest BCUT2D eigenvalue weighted by molar-refractivity contribution is 0.146. The third-order valence-electron chi connectivity index (χ3n) is 1.56. The Hall–Kier alpha value is -0.940. The van der Waals surface area contributed by atoms with E-state index in [1.807, 2.05) is 0 Å². The topological polar surface area (TPSA) is 64.9 Å². The number of nitrogens with zero attached hydrogens (tertiary/aromatic N) is 1. The van der Waals surface area contributed by atoms with Gasteiger partial charge in [0.2, 0.25) is 0 Å². The number of aromatic nitrogens is 1. The molecule has 13 heavy (non-hydrogen) atoms. The lowest BCUT2D eigenvalue weighted by Crippen LogP contribution is -2.05. The summed E-state index contributed by atoms with van der Waals surface area (Å²) >= 11 is 5.57. The van der Waals surface area contributed by atoms with Crippen molar-refractivity contribution >= 4 is 17.3 Å². The summed E-state index contributed by atoms with van der Waals surface area (Å²) in [5.41, 5.74) is 10.8. The monoisotopic (exact) mass is 207 g/mol. The van der Waals surface area contributed by atoms with E-state index in [0.717, 1.165) is 6.07 Å². The Labute approximate surface area is 78.7 Å². The summed E-state index contributed by atoms with van der Waals surface area (Å²) in [6.45, 7) is 0.0845. The van der Waals surface area contributed by atoms with Crippen LogP contribution in [-0.2, 0) is 6.54 Å². The smallest absolute Gasteiger partial charge is 0.280 e. The minimum absolute atomic E-state index is 0.0576. The molecule has 0 radical (unpaired) electrons. The van der Waals surface area contributed by atoms with Gasteiger partial charge in [-0.1, -0.05) is 11.6 Å². The average Bonchev–Trinajstić information content (AvgIpc) is 2.03. The molecule has 0 atom stereocenters. The number of anilines is 1. The second kappa shape index (κ2) is 3.85. The predicted molar refractivity (Wildman–Crippen MR) is 46.5 cm³/mol. The van der Waals surface area contributed by atoms with Crippen molar-refractivity contribution in [3.63, 3.8) is 0 Å². The molecule has 3 nitrogen and oxygen atoms in total. The third kappa shape index (κ3) is 2.05. The maximum atomic E-state index is 12.2. The molecular weight excluding hydrogens is 200 g/mol. The maximum absolute atomic E-state index is 12.2. The number of hydrogen-bond donors (Lipinski definition) is 2. The van der Waals surface area contributed by atoms with E-state index in [-0.39, 0.29) is 17.4 Å². The zero-order chi connectivity index (χ0) is 10.0. The molecule has 6 heteroatoms. The van der Waals surface area contributed by atoms with Gasteiger partial charge in [0.1, 0.15) is 10.8 Å². The molecule has 0 aliphatic carbocycles. The Morgan fingerprint density at radius 3 is 2.54 bits per heavy atom. The molecule has 0 fully saturated rings. The van der Waals surface area contributed by atoms with Crippen LogP contribution in [0.4, 0.5) is 14.5 Å². The Balaban J connectivity index is 3.20. The minimum atomic E-state index is -2.67. The van der Waals surface area contributed by atoms with Gasteiger partial charge in [0.15, 0.2) is 0 Å². The van der Waals surface area contributed by atoms with E-state index in [9.17, 15) is 8.78 Å². The molecule has 4 N–H and O–H groups in total. The van der Waals surface area contributed by atoms with Gasteiger partial charge >= 0.3 is 0 Å². The molecule has 0 aliphatic rings. The van der Waals surface area contributed by atoms with Crippen molar-refractivity contribution in [2.24, 2.45) is 5.73 Å². The van der Waals surface area contributed by atoms with Gasteiger partial charge in [-0.05, 0) is 6.07 Å². The van der Waals surface area contributed by atoms with Crippen LogP contribution in [0.2, 0.25) is 5.15 Å². The highest BCUT2D eigenvalue weighted by Gasteiger charge is 2.13. The first-order chi connectivity index (χ1) is 6.06. The molecule has 1 aromatic heterocycles. The fourth-order valence-electron chi connectivity index (χ4n) is 0.892. The number of pyridine rings is 1. The van der Waals surface area contributed by atoms with Gasteiger partial charge in [-0.15, -0.1) is 0 Å². The summed E-state index contributed by atoms with van der Waals surface area (Å²) in [4.78, 5) is 3.46. The van der Waals surface area contributed by atoms with Crippen LogP contribution in [0.3, 0.4) is 0 Å². The first-order valence-corrected chi connectivity index (χ1v) is 3.87. The van der Waals surface area contributed by atoms with E-state index in [1.165, 1.54) is 0 Å². The summed E-state index contributed by atoms with van der Waals surface area (Å²) in [5, 5.41) is -0.0576. The van der Waals surface area contributed by atoms with Crippen molar-refractivity contribution < 1.29 is 8.78 Å². The maximum Gasteiger partial charge on any atom is 0.280 e. The Morgan fingerprint density at radius 2 is 2.15 bits per heavy atom. The molecule has 0 amide bonds. The summed E-state index contributed by atoms with van der Waals surface area (Å²) in [6, 6.07) is 1.08. The van der Waals surface area contributed by atoms with Crippen molar-refractivity contribution in [3.05, 3.63) is 22.5 Å². The highest BCUT2D eigenvalue weighted by atomic mass is 35.5. The van der Waals surface area contributed by atoms with E-state index in [2.05, 4.69) is 4.98 Å². The van der Waals surface area contributed by atoms with Crippen molar-refractivity contribution in [2.75, 3.05) is 5.73 Å². The molecule has 0 bridgehead atoms. The molecular formula is C7H8ClF2N3. The van der Waals surface area contributed by atoms with Gasteiger partial charge in [0, 0.05) is 17.8 Å². The van der Waals surface area contributed by atoms with Gasteiger partial charge in [0.05, 0.1) is 0 Å². The fraction of sp³-hybridized carbons (Fsp3) is 0.286. The van der Waals surface area contributed by atoms with E-state index >= 15 is 0 Å². The summed E-state index contributed by atoms with van der Waals surface area (Å²) in [5.74, 6) is 0. The highest BCUT2D eigenvalue weighted by molar-refractivity contribution is 6.30. The number of hydrogen-bond acceptors (Lipinski definition) is 3. The lowest BCUT2D eigenvalue weighted by atomic mass is 10.2. The zero-order valence-corrected chi connectivity index (χ0v) is 7.35. The van der Waals surface area contributed by atoms with Crippen LogP contribution >= 0.6 is 11.6 Å². The molecule has 0 saturated heterocycles. The van der Waals surface area contributed by atoms with Crippen LogP contribution in [0.1, 0.15) is 17.7 Å². The van der Waals surface area contributed by atoms with Crippen molar-refractivity contribution in [1.29, 1.82) is 0 Å². The van der Waals surface area contributed by atoms with E-state index in [1.54, 1.807) is 0 Å². The third-order valence-corrected chi connectivity index (χ3v) is 1.87. The molecule has 0 aliphatic heterocycles. The number of nitrogen functional groups attached to an aromatic ring is 1. The molecule has 0 unspecified atom stereocenters. The standard InChI is InChI=1S/C7H8ClF2N3/c8-6-3(2-11)4(12)1-5(13-6)7(9)10/h1,7H,2,11H2,(H2,12,13). The second-order valence-electron chi connectivity index (χ2n) is 2.41. The second-order valence-corrected chi connectivity index (χ2v) is 2.77. The first-order valence-electron chi connectivity index (χ1n) is 3.49. The van der Waals surface area contributed by atoms with Gasteiger partial charge < -0.3 is 11.5 Å². The number of halogens is 3. The van der Waals surface area contributed by atoms with Crippen molar-refractivity contribution in [3.8, 4) is 0 Å². The summed E-state index contributed by atoms with van der Waals surface area (Å²) < 4.78 is 24.3. The largest absolute Gasteiger partial charge is 0.398 e. The molecule has 0 aromatic carbocycles. The molecule has 0 spiro atoms. The van der Waals surface area contributed by atoms with Crippen LogP contribution in [0.25, 0.3) is 0 Å².